The van der Waals surface area contributed by atoms with E-state index in [1.807, 2.05) is 19.2 Å². The Kier molecular flexibility index (Phi) is 3.53. The molecule has 0 saturated heterocycles. The molecule has 2 unspecified atom stereocenters. The minimum Gasteiger partial charge on any atom is -0.391 e. The highest BCUT2D eigenvalue weighted by molar-refractivity contribution is 7.16. The van der Waals surface area contributed by atoms with Crippen molar-refractivity contribution in [3.63, 3.8) is 0 Å². The number of nitrogens with one attached hydrogen (secondary N) is 1. The van der Waals surface area contributed by atoms with Crippen LogP contribution in [0, 0.1) is 0 Å². The van der Waals surface area contributed by atoms with Gasteiger partial charge in [0.05, 0.1) is 16.5 Å². The summed E-state index contributed by atoms with van der Waals surface area (Å²) in [4.78, 5) is 1.07. The van der Waals surface area contributed by atoms with Crippen LogP contribution < -0.4 is 5.32 Å². The van der Waals surface area contributed by atoms with E-state index < -0.39 is 6.10 Å². The van der Waals surface area contributed by atoms with E-state index >= 15 is 0 Å². The molecule has 1 aromatic rings. The second-order valence-corrected chi connectivity index (χ2v) is 4.40. The lowest BCUT2D eigenvalue weighted by atomic mass is 10.1. The van der Waals surface area contributed by atoms with Crippen LogP contribution in [-0.4, -0.2) is 18.3 Å². The summed E-state index contributed by atoms with van der Waals surface area (Å²) in [5.41, 5.74) is 0. The molecule has 0 aliphatic heterocycles. The molecule has 2 atom stereocenters. The second kappa shape index (κ2) is 4.23. The summed E-state index contributed by atoms with van der Waals surface area (Å²) in [5, 5.41) is 12.4. The first-order valence-corrected chi connectivity index (χ1v) is 4.95. The van der Waals surface area contributed by atoms with Gasteiger partial charge in [0.15, 0.2) is 0 Å². The molecule has 68 valence electrons. The van der Waals surface area contributed by atoms with Crippen molar-refractivity contribution in [3.8, 4) is 0 Å². The average molecular weight is 206 g/mol. The summed E-state index contributed by atoms with van der Waals surface area (Å²) in [6.07, 6.45) is -0.398. The van der Waals surface area contributed by atoms with E-state index in [9.17, 15) is 5.11 Å². The topological polar surface area (TPSA) is 32.3 Å². The summed E-state index contributed by atoms with van der Waals surface area (Å²) in [6, 6.07) is 3.76. The fraction of sp³-hybridized carbons (Fsp3) is 0.500. The molecular formula is C8H12ClNOS. The maximum atomic E-state index is 9.38. The molecule has 0 saturated carbocycles. The number of hydrogen-bond donors (Lipinski definition) is 2. The number of rotatable bonds is 3. The van der Waals surface area contributed by atoms with Crippen LogP contribution in [0.4, 0.5) is 0 Å². The van der Waals surface area contributed by atoms with Crippen molar-refractivity contribution in [1.29, 1.82) is 0 Å². The summed E-state index contributed by atoms with van der Waals surface area (Å²) in [7, 11) is 1.82. The van der Waals surface area contributed by atoms with Crippen molar-refractivity contribution in [2.45, 2.75) is 19.1 Å². The van der Waals surface area contributed by atoms with Gasteiger partial charge in [-0.3, -0.25) is 0 Å². The predicted molar refractivity (Wildman–Crippen MR) is 52.8 cm³/mol. The van der Waals surface area contributed by atoms with Crippen molar-refractivity contribution >= 4 is 22.9 Å². The fourth-order valence-electron chi connectivity index (χ4n) is 1.12. The normalized spacial score (nSPS) is 16.0. The van der Waals surface area contributed by atoms with Gasteiger partial charge < -0.3 is 10.4 Å². The van der Waals surface area contributed by atoms with E-state index in [1.165, 1.54) is 11.3 Å². The van der Waals surface area contributed by atoms with Crippen LogP contribution in [0.25, 0.3) is 0 Å². The third-order valence-electron chi connectivity index (χ3n) is 1.69. The van der Waals surface area contributed by atoms with Crippen molar-refractivity contribution in [2.24, 2.45) is 0 Å². The molecule has 12 heavy (non-hydrogen) atoms. The maximum Gasteiger partial charge on any atom is 0.0931 e. The van der Waals surface area contributed by atoms with E-state index in [0.717, 1.165) is 9.21 Å². The monoisotopic (exact) mass is 205 g/mol. The van der Waals surface area contributed by atoms with Crippen LogP contribution in [0.15, 0.2) is 12.1 Å². The van der Waals surface area contributed by atoms with Gasteiger partial charge in [-0.15, -0.1) is 11.3 Å². The average Bonchev–Trinajstić information content (AvgIpc) is 2.37. The molecule has 1 rings (SSSR count). The molecular weight excluding hydrogens is 194 g/mol. The van der Waals surface area contributed by atoms with Gasteiger partial charge in [0.1, 0.15) is 0 Å². The Bertz CT molecular complexity index is 249. The first-order chi connectivity index (χ1) is 5.65. The zero-order chi connectivity index (χ0) is 9.14. The Hall–Kier alpha value is -0.0900. The molecule has 0 amide bonds. The third kappa shape index (κ3) is 2.20. The molecule has 0 aliphatic carbocycles. The predicted octanol–water partition coefficient (Wildman–Crippen LogP) is 2.04. The Morgan fingerprint density at radius 1 is 1.58 bits per heavy atom. The zero-order valence-corrected chi connectivity index (χ0v) is 8.62. The van der Waals surface area contributed by atoms with E-state index in [0.29, 0.717) is 0 Å². The lowest BCUT2D eigenvalue weighted by Gasteiger charge is -2.16. The van der Waals surface area contributed by atoms with E-state index in [-0.39, 0.29) is 6.04 Å². The SMILES string of the molecule is CNC(c1ccc(Cl)s1)C(C)O. The number of aliphatic hydroxyl groups is 1. The van der Waals surface area contributed by atoms with Crippen molar-refractivity contribution in [3.05, 3.63) is 21.3 Å². The Balaban J connectivity index is 2.80. The van der Waals surface area contributed by atoms with Crippen LogP contribution in [0.5, 0.6) is 0 Å². The molecule has 0 radical (unpaired) electrons. The molecule has 0 fully saturated rings. The zero-order valence-electron chi connectivity index (χ0n) is 7.04. The fourth-order valence-corrected chi connectivity index (χ4v) is 2.39. The number of hydrogen-bond acceptors (Lipinski definition) is 3. The molecule has 2 nitrogen and oxygen atoms in total. The Labute approximate surface area is 81.2 Å². The molecule has 1 aromatic heterocycles. The van der Waals surface area contributed by atoms with Crippen molar-refractivity contribution < 1.29 is 5.11 Å². The summed E-state index contributed by atoms with van der Waals surface area (Å²) < 4.78 is 0.755. The minimum absolute atomic E-state index is 0.0116. The van der Waals surface area contributed by atoms with Crippen LogP contribution in [-0.2, 0) is 0 Å². The highest BCUT2D eigenvalue weighted by atomic mass is 35.5. The molecule has 1 heterocycles. The number of likely N-dealkylation sites (N-methyl/N-ethyl adjacent to an activating group) is 1. The number of thiophene rings is 1. The number of aliphatic hydroxyl groups excluding tert-OH is 1. The second-order valence-electron chi connectivity index (χ2n) is 2.65. The minimum atomic E-state index is -0.398. The van der Waals surface area contributed by atoms with Crippen LogP contribution in [0.2, 0.25) is 4.34 Å². The number of halogens is 1. The van der Waals surface area contributed by atoms with Gasteiger partial charge in [-0.25, -0.2) is 0 Å². The lowest BCUT2D eigenvalue weighted by molar-refractivity contribution is 0.151. The van der Waals surface area contributed by atoms with Crippen LogP contribution in [0.3, 0.4) is 0 Å². The largest absolute Gasteiger partial charge is 0.391 e. The Morgan fingerprint density at radius 3 is 2.58 bits per heavy atom. The van der Waals surface area contributed by atoms with Crippen molar-refractivity contribution in [2.75, 3.05) is 7.05 Å². The quantitative estimate of drug-likeness (QED) is 0.792. The molecule has 4 heteroatoms. The highest BCUT2D eigenvalue weighted by Gasteiger charge is 2.16. The van der Waals surface area contributed by atoms with E-state index in [2.05, 4.69) is 5.32 Å². The van der Waals surface area contributed by atoms with Crippen LogP contribution in [0.1, 0.15) is 17.8 Å². The van der Waals surface area contributed by atoms with Gasteiger partial charge >= 0.3 is 0 Å². The standard InChI is InChI=1S/C8H12ClNOS/c1-5(11)8(10-2)6-3-4-7(9)12-6/h3-5,8,10-11H,1-2H3. The lowest BCUT2D eigenvalue weighted by Crippen LogP contribution is -2.26. The molecule has 0 aromatic carbocycles. The molecule has 0 spiro atoms. The smallest absolute Gasteiger partial charge is 0.0931 e. The van der Waals surface area contributed by atoms with Gasteiger partial charge in [-0.2, -0.15) is 0 Å². The first-order valence-electron chi connectivity index (χ1n) is 3.75. The summed E-state index contributed by atoms with van der Waals surface area (Å²) in [5.74, 6) is 0. The van der Waals surface area contributed by atoms with Gasteiger partial charge in [-0.1, -0.05) is 11.6 Å². The molecule has 2 N–H and O–H groups in total. The Morgan fingerprint density at radius 2 is 2.25 bits per heavy atom. The summed E-state index contributed by atoms with van der Waals surface area (Å²) >= 11 is 7.27. The van der Waals surface area contributed by atoms with Crippen LogP contribution >= 0.6 is 22.9 Å². The highest BCUT2D eigenvalue weighted by Crippen LogP contribution is 2.28. The summed E-state index contributed by atoms with van der Waals surface area (Å²) in [6.45, 7) is 1.76. The van der Waals surface area contributed by atoms with E-state index in [4.69, 9.17) is 11.6 Å². The van der Waals surface area contributed by atoms with Gasteiger partial charge in [0, 0.05) is 4.88 Å². The van der Waals surface area contributed by atoms with Gasteiger partial charge in [-0.05, 0) is 26.1 Å². The van der Waals surface area contributed by atoms with Crippen molar-refractivity contribution in [1.82, 2.24) is 5.32 Å². The van der Waals surface area contributed by atoms with E-state index in [1.54, 1.807) is 6.92 Å². The molecule has 0 aliphatic rings. The maximum absolute atomic E-state index is 9.38. The third-order valence-corrected chi connectivity index (χ3v) is 3.01. The van der Waals surface area contributed by atoms with Gasteiger partial charge in [0.25, 0.3) is 0 Å². The first kappa shape index (κ1) is 9.99. The molecule has 0 bridgehead atoms. The van der Waals surface area contributed by atoms with Gasteiger partial charge in [0.2, 0.25) is 0 Å².